The number of aliphatic hydroxyl groups excluding tert-OH is 3. The number of benzene rings is 2. The topological polar surface area (TPSA) is 914 Å². The first-order valence-electron chi connectivity index (χ1n) is 44.8. The van der Waals surface area contributed by atoms with Crippen LogP contribution in [0.4, 0.5) is 0 Å². The lowest BCUT2D eigenvalue weighted by Crippen LogP contribution is -2.63. The third-order valence-corrected chi connectivity index (χ3v) is 21.3. The van der Waals surface area contributed by atoms with E-state index in [1.165, 1.54) is 76.6 Å². The maximum atomic E-state index is 14.7. The van der Waals surface area contributed by atoms with Crippen molar-refractivity contribution in [1.82, 2.24) is 95.0 Å². The van der Waals surface area contributed by atoms with Crippen molar-refractivity contribution in [3.63, 3.8) is 0 Å². The first kappa shape index (κ1) is 121. The van der Waals surface area contributed by atoms with Crippen molar-refractivity contribution < 1.29 is 166 Å². The van der Waals surface area contributed by atoms with Crippen molar-refractivity contribution in [1.29, 1.82) is 0 Å². The van der Waals surface area contributed by atoms with E-state index in [-0.39, 0.29) is 54.9 Å². The molecule has 0 saturated carbocycles. The number of aromatic amines is 1. The van der Waals surface area contributed by atoms with Gasteiger partial charge < -0.3 is 163 Å². The van der Waals surface area contributed by atoms with Crippen molar-refractivity contribution in [2.75, 3.05) is 13.1 Å². The van der Waals surface area contributed by atoms with E-state index in [4.69, 9.17) is 17.2 Å². The molecule has 786 valence electrons. The molecule has 0 radical (unpaired) electrons. The number of unbranched alkanes of at least 4 members (excludes halogenated alkanes) is 1. The number of aliphatic carboxylic acids is 6. The van der Waals surface area contributed by atoms with Crippen LogP contribution in [0.1, 0.15) is 169 Å². The van der Waals surface area contributed by atoms with Gasteiger partial charge in [-0.05, 0) is 140 Å². The highest BCUT2D eigenvalue weighted by molar-refractivity contribution is 6.03. The molecule has 3 aromatic rings. The molecule has 0 spiro atoms. The van der Waals surface area contributed by atoms with Gasteiger partial charge in [0.25, 0.3) is 0 Å². The number of aromatic hydroxyl groups is 2. The van der Waals surface area contributed by atoms with Crippen molar-refractivity contribution >= 4 is 136 Å². The molecule has 55 heteroatoms. The molecule has 0 fully saturated rings. The lowest BCUT2D eigenvalue weighted by molar-refractivity contribution is -0.143. The summed E-state index contributed by atoms with van der Waals surface area (Å²) < 4.78 is 0. The van der Waals surface area contributed by atoms with Gasteiger partial charge in [-0.3, -0.25) is 105 Å². The minimum Gasteiger partial charge on any atom is -0.508 e. The Morgan fingerprint density at radius 2 is 0.725 bits per heavy atom. The van der Waals surface area contributed by atoms with Crippen LogP contribution in [0.3, 0.4) is 0 Å². The Morgan fingerprint density at radius 1 is 0.380 bits per heavy atom. The average molecular weight is 2010 g/mol. The van der Waals surface area contributed by atoms with Crippen molar-refractivity contribution in [3.8, 4) is 11.5 Å². The van der Waals surface area contributed by atoms with E-state index in [0.29, 0.717) is 12.1 Å². The van der Waals surface area contributed by atoms with Crippen molar-refractivity contribution in [3.05, 3.63) is 77.9 Å². The third-order valence-electron chi connectivity index (χ3n) is 21.3. The number of amides is 17. The average Bonchev–Trinajstić information content (AvgIpc) is 1.34. The normalized spacial score (nSPS) is 15.0. The van der Waals surface area contributed by atoms with E-state index >= 15 is 0 Å². The Morgan fingerprint density at radius 3 is 1.13 bits per heavy atom. The van der Waals surface area contributed by atoms with Crippen LogP contribution in [0.2, 0.25) is 0 Å². The van der Waals surface area contributed by atoms with Crippen LogP contribution < -0.4 is 102 Å². The summed E-state index contributed by atoms with van der Waals surface area (Å²) in [5, 5.41) is 147. The first-order valence-corrected chi connectivity index (χ1v) is 44.8. The summed E-state index contributed by atoms with van der Waals surface area (Å²) in [6, 6.07) is -18.8. The van der Waals surface area contributed by atoms with Crippen LogP contribution in [0.5, 0.6) is 11.5 Å². The predicted octanol–water partition coefficient (Wildman–Crippen LogP) is -9.16. The number of primary amides is 1. The molecule has 0 unspecified atom stereocenters. The fraction of sp³-hybridized carbons (Fsp3) is 0.563. The van der Waals surface area contributed by atoms with Gasteiger partial charge in [-0.25, -0.2) is 9.78 Å². The van der Waals surface area contributed by atoms with Gasteiger partial charge in [0.1, 0.15) is 102 Å². The number of aliphatic hydroxyl groups is 3. The third kappa shape index (κ3) is 43.9. The SMILES string of the molecule is CC(C)C[C@H](NC(=O)[C@H](Cc1ccc(O)cc1)NC(=O)[C@H](CCC(=O)O)NC(=O)[C@@H](NC(=O)[C@@H](NC(=O)[C@H](CC(=O)O)NC(=O)[C@H](CC(N)=O)NC(=O)[C@@H](NC(=O)[C@H](Cc1ccc(O)cc1)NC(=O)[C@@H](NC(=O)CNC(=O)[C@H](CCC(=O)O)NC(=O)C(C)(C)NC(=O)[C@@H](N)Cc1c[nH]cn1)[C@@H](C)O)[C@@H](C)O)C(C)C)[C@@H](C)O)C(=O)N[C@@H](CCC(=O)O)C(=O)N[C@@H](CCC(=O)O)C(=O)N[C@@H](CCCCN)C(=O)O. The molecule has 0 aliphatic carbocycles. The van der Waals surface area contributed by atoms with E-state index in [0.717, 1.165) is 32.9 Å². The maximum absolute atomic E-state index is 14.7. The lowest BCUT2D eigenvalue weighted by atomic mass is 9.99. The van der Waals surface area contributed by atoms with E-state index in [9.17, 15) is 166 Å². The molecule has 2 aromatic carbocycles. The Balaban J connectivity index is 1.94. The molecular weight excluding hydrogens is 1880 g/mol. The Bertz CT molecular complexity index is 4900. The number of nitrogens with two attached hydrogens (primary N) is 3. The first-order chi connectivity index (χ1) is 66.3. The summed E-state index contributed by atoms with van der Waals surface area (Å²) in [7, 11) is 0. The molecule has 1 aromatic heterocycles. The Kier molecular flexibility index (Phi) is 50.6. The molecule has 0 aliphatic rings. The number of carboxylic acid groups (broad SMARTS) is 6. The van der Waals surface area contributed by atoms with Crippen LogP contribution in [0.15, 0.2) is 61.1 Å². The van der Waals surface area contributed by atoms with Gasteiger partial charge in [0.15, 0.2) is 0 Å². The zero-order valence-electron chi connectivity index (χ0n) is 79.2. The van der Waals surface area contributed by atoms with Gasteiger partial charge in [-0.1, -0.05) is 52.0 Å². The minimum absolute atomic E-state index is 0.0499. The fourth-order valence-corrected chi connectivity index (χ4v) is 13.5. The summed E-state index contributed by atoms with van der Waals surface area (Å²) >= 11 is 0. The number of nitrogens with one attached hydrogen (secondary N) is 17. The molecular formula is C87H129N21O34. The van der Waals surface area contributed by atoms with Gasteiger partial charge >= 0.3 is 35.8 Å². The second kappa shape index (κ2) is 59.3. The largest absolute Gasteiger partial charge is 0.508 e. The van der Waals surface area contributed by atoms with Gasteiger partial charge in [0, 0.05) is 51.1 Å². The lowest BCUT2D eigenvalue weighted by Gasteiger charge is -2.30. The van der Waals surface area contributed by atoms with Gasteiger partial charge in [-0.15, -0.1) is 0 Å². The number of imidazole rings is 1. The second-order valence-corrected chi connectivity index (χ2v) is 34.7. The van der Waals surface area contributed by atoms with Crippen LogP contribution >= 0.6 is 0 Å². The molecule has 0 bridgehead atoms. The van der Waals surface area contributed by atoms with Gasteiger partial charge in [0.2, 0.25) is 100 Å². The van der Waals surface area contributed by atoms with Gasteiger partial charge in [-0.2, -0.15) is 0 Å². The number of phenolic OH excluding ortho intramolecular Hbond substituents is 2. The number of nitrogens with zero attached hydrogens (tertiary/aromatic N) is 1. The van der Waals surface area contributed by atoms with E-state index in [2.05, 4.69) is 84.4 Å². The minimum atomic E-state index is -2.31. The number of carbonyl (C=O) groups excluding carboxylic acids is 17. The number of hydrogen-bond donors (Lipinski definition) is 31. The predicted molar refractivity (Wildman–Crippen MR) is 490 cm³/mol. The number of carbonyl (C=O) groups is 23. The number of aromatic nitrogens is 2. The summed E-state index contributed by atoms with van der Waals surface area (Å²) in [6.45, 7) is 10.2. The molecule has 17 amide bonds. The van der Waals surface area contributed by atoms with Crippen molar-refractivity contribution in [2.24, 2.45) is 29.0 Å². The number of phenols is 2. The standard InChI is InChI=1S/C87H129N21O34/c1-39(2)30-55(76(131)95-51(22-26-63(118)119)73(128)94-52(23-27-64(120)121)74(129)97-54(85(140)141)12-10-11-29-88)98-77(132)56(31-44-13-17-47(112)18-14-44)99-75(130)53(24-28-65(122)123)96-83(138)70(43(7)111)107-81(136)67(40(3)4)105-80(135)59(35-66(124)125)100-78(133)58(34-60(90)114)102-84(139)69(42(6)110)106-79(134)57(32-45-15-19-48(113)20-16-45)101-82(137)68(41(5)109)104-61(115)37-92-72(127)50(21-25-62(116)117)103-86(142)87(8,9)108-71(126)49(89)33-46-36-91-38-93-46/h13-20,36,38-43,49-59,67-70,109-113H,10-12,21-35,37,88-89H2,1-9H3,(H2,90,114)(H,91,93)(H,92,127)(H,94,128)(H,95,131)(H,96,138)(H,97,129)(H,98,132)(H,99,130)(H,100,133)(H,101,137)(H,102,139)(H,103,142)(H,104,115)(H,105,135)(H,106,134)(H,107,136)(H,108,126)(H,116,117)(H,118,119)(H,120,121)(H,122,123)(H,124,125)(H,140,141)/t41-,42-,43-,49+,50+,51+,52+,53+,54+,55+,56+,57+,58+,59+,67+,68+,69+,70+/m1/s1. The molecule has 3 rings (SSSR count). The molecule has 142 heavy (non-hydrogen) atoms. The van der Waals surface area contributed by atoms with Crippen molar-refractivity contribution in [2.45, 2.75) is 286 Å². The maximum Gasteiger partial charge on any atom is 0.326 e. The van der Waals surface area contributed by atoms with Crippen LogP contribution in [0.25, 0.3) is 0 Å². The molecule has 55 nitrogen and oxygen atoms in total. The number of rotatable bonds is 65. The number of H-pyrrole nitrogens is 1. The van der Waals surface area contributed by atoms with Crippen LogP contribution in [-0.4, -0.2) is 330 Å². The Labute approximate surface area is 812 Å². The molecule has 1 heterocycles. The second-order valence-electron chi connectivity index (χ2n) is 34.7. The summed E-state index contributed by atoms with van der Waals surface area (Å²) in [5.74, 6) is -33.4. The Hall–Kier alpha value is -15.1. The highest BCUT2D eigenvalue weighted by Gasteiger charge is 2.43. The van der Waals surface area contributed by atoms with E-state index in [1.807, 2.05) is 10.6 Å². The zero-order chi connectivity index (χ0) is 107. The monoisotopic (exact) mass is 2010 g/mol. The zero-order valence-corrected chi connectivity index (χ0v) is 79.2. The summed E-state index contributed by atoms with van der Waals surface area (Å²) in [4.78, 5) is 317. The quantitative estimate of drug-likeness (QED) is 0.0233. The molecule has 0 aliphatic heterocycles. The fourth-order valence-electron chi connectivity index (χ4n) is 13.5. The molecule has 34 N–H and O–H groups in total. The molecule has 0 saturated heterocycles. The number of carboxylic acids is 6. The highest BCUT2D eigenvalue weighted by atomic mass is 16.4. The van der Waals surface area contributed by atoms with Gasteiger partial charge in [0.05, 0.1) is 55.8 Å². The molecule has 18 atom stereocenters. The number of hydrogen-bond acceptors (Lipinski definition) is 31. The van der Waals surface area contributed by atoms with E-state index in [1.54, 1.807) is 13.8 Å². The van der Waals surface area contributed by atoms with Crippen LogP contribution in [0, 0.1) is 11.8 Å². The summed E-state index contributed by atoms with van der Waals surface area (Å²) in [6.07, 6.45) is -12.6. The highest BCUT2D eigenvalue weighted by Crippen LogP contribution is 2.19. The van der Waals surface area contributed by atoms with Crippen LogP contribution in [-0.2, 0) is 130 Å². The van der Waals surface area contributed by atoms with E-state index < -0.39 is 346 Å². The smallest absolute Gasteiger partial charge is 0.326 e. The summed E-state index contributed by atoms with van der Waals surface area (Å²) in [5.41, 5.74) is 16.0.